The molecule has 3 nitrogen and oxygen atoms in total. The Morgan fingerprint density at radius 3 is 2.33 bits per heavy atom. The van der Waals surface area contributed by atoms with Crippen molar-refractivity contribution in [2.75, 3.05) is 26.2 Å². The summed E-state index contributed by atoms with van der Waals surface area (Å²) in [5.74, 6) is 1.71. The highest BCUT2D eigenvalue weighted by Crippen LogP contribution is 2.32. The normalized spacial score (nSPS) is 26.3. The fourth-order valence-corrected chi connectivity index (χ4v) is 4.54. The van der Waals surface area contributed by atoms with Gasteiger partial charge in [-0.05, 0) is 35.4 Å². The summed E-state index contributed by atoms with van der Waals surface area (Å²) < 4.78 is 0. The van der Waals surface area contributed by atoms with Crippen molar-refractivity contribution in [1.29, 1.82) is 0 Å². The van der Waals surface area contributed by atoms with Crippen LogP contribution in [0.4, 0.5) is 0 Å². The van der Waals surface area contributed by atoms with Crippen molar-refractivity contribution in [2.24, 2.45) is 11.8 Å². The molecule has 0 aliphatic carbocycles. The molecule has 0 spiro atoms. The van der Waals surface area contributed by atoms with Crippen LogP contribution in [0.1, 0.15) is 10.6 Å². The average Bonchev–Trinajstić information content (AvgIpc) is 3.17. The maximum absolute atomic E-state index is 4.45. The Kier molecular flexibility index (Phi) is 3.76. The van der Waals surface area contributed by atoms with Crippen molar-refractivity contribution in [1.82, 2.24) is 14.8 Å². The van der Waals surface area contributed by atoms with E-state index < -0.39 is 0 Å². The quantitative estimate of drug-likeness (QED) is 0.865. The first-order valence-corrected chi connectivity index (χ1v) is 8.62. The lowest BCUT2D eigenvalue weighted by Crippen LogP contribution is -2.28. The molecule has 2 fully saturated rings. The number of rotatable bonds is 4. The molecule has 0 saturated carbocycles. The Morgan fingerprint density at radius 1 is 0.952 bits per heavy atom. The van der Waals surface area contributed by atoms with E-state index in [1.54, 1.807) is 0 Å². The molecule has 0 amide bonds. The fraction of sp³-hybridized carbons (Fsp3) is 0.471. The van der Waals surface area contributed by atoms with Gasteiger partial charge in [0.15, 0.2) is 0 Å². The Balaban J connectivity index is 1.31. The van der Waals surface area contributed by atoms with Crippen LogP contribution in [0.15, 0.2) is 41.9 Å². The summed E-state index contributed by atoms with van der Waals surface area (Å²) in [6.07, 6.45) is 1.90. The van der Waals surface area contributed by atoms with Gasteiger partial charge >= 0.3 is 0 Å². The zero-order chi connectivity index (χ0) is 14.1. The molecule has 0 N–H and O–H groups in total. The lowest BCUT2D eigenvalue weighted by Gasteiger charge is -2.20. The van der Waals surface area contributed by atoms with Crippen molar-refractivity contribution in [3.05, 3.63) is 52.5 Å². The number of pyridine rings is 1. The third-order valence-electron chi connectivity index (χ3n) is 4.71. The Labute approximate surface area is 130 Å². The molecule has 4 heteroatoms. The van der Waals surface area contributed by atoms with Crippen LogP contribution >= 0.6 is 11.3 Å². The molecule has 0 radical (unpaired) electrons. The summed E-state index contributed by atoms with van der Waals surface area (Å²) in [7, 11) is 0. The molecule has 4 heterocycles. The van der Waals surface area contributed by atoms with Gasteiger partial charge in [0.05, 0.1) is 5.69 Å². The predicted molar refractivity (Wildman–Crippen MR) is 86.1 cm³/mol. The number of aromatic nitrogens is 1. The highest BCUT2D eigenvalue weighted by atomic mass is 32.1. The minimum atomic E-state index is 0.855. The number of thiophene rings is 1. The Bertz CT molecular complexity index is 555. The molecule has 21 heavy (non-hydrogen) atoms. The van der Waals surface area contributed by atoms with Gasteiger partial charge in [-0.15, -0.1) is 11.3 Å². The molecule has 2 aromatic rings. The van der Waals surface area contributed by atoms with E-state index in [1.807, 2.05) is 23.6 Å². The molecule has 0 aromatic carbocycles. The average molecular weight is 299 g/mol. The van der Waals surface area contributed by atoms with E-state index in [-0.39, 0.29) is 0 Å². The SMILES string of the molecule is c1ccc(CN2C[C@@H]3CN(Cc4cccs4)C[C@H]3C2)nc1. The number of likely N-dealkylation sites (tertiary alicyclic amines) is 2. The first-order chi connectivity index (χ1) is 10.4. The van der Waals surface area contributed by atoms with Crippen LogP contribution in [0.5, 0.6) is 0 Å². The summed E-state index contributed by atoms with van der Waals surface area (Å²) in [6, 6.07) is 10.6. The van der Waals surface area contributed by atoms with Crippen molar-refractivity contribution in [3.63, 3.8) is 0 Å². The monoisotopic (exact) mass is 299 g/mol. The minimum Gasteiger partial charge on any atom is -0.298 e. The molecule has 2 atom stereocenters. The molecule has 110 valence electrons. The van der Waals surface area contributed by atoms with Crippen LogP contribution in [0.25, 0.3) is 0 Å². The summed E-state index contributed by atoms with van der Waals surface area (Å²) in [4.78, 5) is 11.2. The maximum atomic E-state index is 4.45. The van der Waals surface area contributed by atoms with E-state index in [9.17, 15) is 0 Å². The fourth-order valence-electron chi connectivity index (χ4n) is 3.79. The Morgan fingerprint density at radius 2 is 1.71 bits per heavy atom. The van der Waals surface area contributed by atoms with Crippen molar-refractivity contribution < 1.29 is 0 Å². The second-order valence-electron chi connectivity index (χ2n) is 6.31. The van der Waals surface area contributed by atoms with Gasteiger partial charge in [0, 0.05) is 50.3 Å². The van der Waals surface area contributed by atoms with E-state index >= 15 is 0 Å². The van der Waals surface area contributed by atoms with E-state index in [0.29, 0.717) is 0 Å². The van der Waals surface area contributed by atoms with Crippen LogP contribution in [0, 0.1) is 11.8 Å². The number of hydrogen-bond donors (Lipinski definition) is 0. The van der Waals surface area contributed by atoms with Gasteiger partial charge in [-0.25, -0.2) is 0 Å². The van der Waals surface area contributed by atoms with Gasteiger partial charge in [0.2, 0.25) is 0 Å². The minimum absolute atomic E-state index is 0.855. The molecule has 2 saturated heterocycles. The largest absolute Gasteiger partial charge is 0.298 e. The zero-order valence-corrected chi connectivity index (χ0v) is 13.0. The molecule has 2 aliphatic heterocycles. The second-order valence-corrected chi connectivity index (χ2v) is 7.34. The summed E-state index contributed by atoms with van der Waals surface area (Å²) >= 11 is 1.88. The molecular weight excluding hydrogens is 278 g/mol. The van der Waals surface area contributed by atoms with Crippen LogP contribution in [0.2, 0.25) is 0 Å². The van der Waals surface area contributed by atoms with Crippen LogP contribution in [-0.2, 0) is 13.1 Å². The standard InChI is InChI=1S/C17H21N3S/c1-2-6-18-16(4-1)12-19-8-14-10-20(11-15(14)9-19)13-17-5-3-7-21-17/h1-7,14-15H,8-13H2/t14-,15-/m1/s1. The third-order valence-corrected chi connectivity index (χ3v) is 5.57. The lowest BCUT2D eigenvalue weighted by atomic mass is 10.0. The van der Waals surface area contributed by atoms with E-state index in [0.717, 1.165) is 24.9 Å². The third kappa shape index (κ3) is 3.03. The molecule has 4 rings (SSSR count). The van der Waals surface area contributed by atoms with E-state index in [4.69, 9.17) is 0 Å². The zero-order valence-electron chi connectivity index (χ0n) is 12.2. The summed E-state index contributed by atoms with van der Waals surface area (Å²) in [5.41, 5.74) is 1.20. The highest BCUT2D eigenvalue weighted by molar-refractivity contribution is 7.09. The van der Waals surface area contributed by atoms with Gasteiger partial charge in [0.1, 0.15) is 0 Å². The summed E-state index contributed by atoms with van der Waals surface area (Å²) in [6.45, 7) is 7.16. The molecular formula is C17H21N3S. The smallest absolute Gasteiger partial charge is 0.0543 e. The van der Waals surface area contributed by atoms with Crippen LogP contribution < -0.4 is 0 Å². The second kappa shape index (κ2) is 5.87. The number of fused-ring (bicyclic) bond motifs is 1. The topological polar surface area (TPSA) is 19.4 Å². The number of hydrogen-bond acceptors (Lipinski definition) is 4. The molecule has 2 aromatic heterocycles. The van der Waals surface area contributed by atoms with E-state index in [2.05, 4.69) is 44.4 Å². The van der Waals surface area contributed by atoms with Crippen LogP contribution in [0.3, 0.4) is 0 Å². The maximum Gasteiger partial charge on any atom is 0.0543 e. The molecule has 0 unspecified atom stereocenters. The van der Waals surface area contributed by atoms with Gasteiger partial charge in [-0.1, -0.05) is 12.1 Å². The van der Waals surface area contributed by atoms with E-state index in [1.165, 1.54) is 36.8 Å². The van der Waals surface area contributed by atoms with Gasteiger partial charge in [-0.2, -0.15) is 0 Å². The van der Waals surface area contributed by atoms with Crippen molar-refractivity contribution in [3.8, 4) is 0 Å². The van der Waals surface area contributed by atoms with Crippen molar-refractivity contribution in [2.45, 2.75) is 13.1 Å². The molecule has 0 bridgehead atoms. The number of nitrogens with zero attached hydrogens (tertiary/aromatic N) is 3. The predicted octanol–water partition coefficient (Wildman–Crippen LogP) is 2.71. The van der Waals surface area contributed by atoms with Gasteiger partial charge in [0.25, 0.3) is 0 Å². The molecule has 2 aliphatic rings. The lowest BCUT2D eigenvalue weighted by molar-refractivity contribution is 0.246. The first kappa shape index (κ1) is 13.4. The van der Waals surface area contributed by atoms with Crippen molar-refractivity contribution >= 4 is 11.3 Å². The van der Waals surface area contributed by atoms with Gasteiger partial charge in [-0.3, -0.25) is 14.8 Å². The highest BCUT2D eigenvalue weighted by Gasteiger charge is 2.39. The van der Waals surface area contributed by atoms with Crippen LogP contribution in [-0.4, -0.2) is 41.0 Å². The first-order valence-electron chi connectivity index (χ1n) is 7.74. The summed E-state index contributed by atoms with van der Waals surface area (Å²) in [5, 5.41) is 2.18. The van der Waals surface area contributed by atoms with Gasteiger partial charge < -0.3 is 0 Å². The Hall–Kier alpha value is -1.23.